The minimum atomic E-state index is -0.0297. The van der Waals surface area contributed by atoms with Crippen molar-refractivity contribution < 1.29 is 4.79 Å². The molecule has 0 aliphatic heterocycles. The van der Waals surface area contributed by atoms with Gasteiger partial charge in [0.2, 0.25) is 5.91 Å². The Morgan fingerprint density at radius 1 is 1.23 bits per heavy atom. The van der Waals surface area contributed by atoms with E-state index in [1.807, 2.05) is 48.5 Å². The van der Waals surface area contributed by atoms with Crippen molar-refractivity contribution in [3.8, 4) is 0 Å². The molecule has 0 bridgehead atoms. The second kappa shape index (κ2) is 11.1. The van der Waals surface area contributed by atoms with E-state index in [4.69, 9.17) is 0 Å². The van der Waals surface area contributed by atoms with Crippen LogP contribution in [0.5, 0.6) is 0 Å². The quantitative estimate of drug-likeness (QED) is 0.611. The van der Waals surface area contributed by atoms with Crippen LogP contribution in [-0.4, -0.2) is 10.9 Å². The van der Waals surface area contributed by atoms with Gasteiger partial charge in [-0.25, -0.2) is 0 Å². The molecule has 1 heterocycles. The number of pyridine rings is 1. The van der Waals surface area contributed by atoms with Gasteiger partial charge in [-0.2, -0.15) is 0 Å². The highest BCUT2D eigenvalue weighted by Gasteiger charge is 2.08. The number of benzene rings is 1. The van der Waals surface area contributed by atoms with Crippen LogP contribution in [0.2, 0.25) is 0 Å². The van der Waals surface area contributed by atoms with Gasteiger partial charge in [-0.3, -0.25) is 9.78 Å². The third kappa shape index (κ3) is 7.14. The predicted octanol–water partition coefficient (Wildman–Crippen LogP) is 5.33. The molecule has 0 aliphatic carbocycles. The molecule has 1 aromatic heterocycles. The minimum absolute atomic E-state index is 0.0297. The number of rotatable bonds is 9. The predicted molar refractivity (Wildman–Crippen MR) is 110 cm³/mol. The Kier molecular flexibility index (Phi) is 8.47. The highest BCUT2D eigenvalue weighted by Crippen LogP contribution is 2.30. The summed E-state index contributed by atoms with van der Waals surface area (Å²) in [6, 6.07) is 13.9. The molecule has 1 aromatic carbocycles. The number of amides is 1. The van der Waals surface area contributed by atoms with Crippen LogP contribution < -0.4 is 5.32 Å². The standard InChI is InChI=1S/C22H24N2OS/c1-3-4-6-11-21(20-14-16-23-17-15-20)26-18(2)24-22(25)13-12-19-9-7-5-8-10-19/h5-10,14-17H,2-4,12-13H2,1H3,(H,24,25). The lowest BCUT2D eigenvalue weighted by Gasteiger charge is -2.10. The minimum Gasteiger partial charge on any atom is -0.321 e. The largest absolute Gasteiger partial charge is 0.321 e. The molecule has 2 aromatic rings. The summed E-state index contributed by atoms with van der Waals surface area (Å²) in [7, 11) is 0. The maximum absolute atomic E-state index is 12.2. The fourth-order valence-corrected chi connectivity index (χ4v) is 3.06. The third-order valence-electron chi connectivity index (χ3n) is 3.60. The number of carbonyl (C=O) groups excluding carboxylic acids is 1. The summed E-state index contributed by atoms with van der Waals surface area (Å²) in [5, 5.41) is 3.48. The molecule has 0 unspecified atom stereocenters. The fraction of sp³-hybridized carbons (Fsp3) is 0.227. The van der Waals surface area contributed by atoms with Gasteiger partial charge in [0.1, 0.15) is 0 Å². The molecule has 2 rings (SSSR count). The number of hydrogen-bond acceptors (Lipinski definition) is 3. The smallest absolute Gasteiger partial charge is 0.225 e. The van der Waals surface area contributed by atoms with E-state index in [1.165, 1.54) is 11.8 Å². The molecule has 0 saturated carbocycles. The van der Waals surface area contributed by atoms with Crippen LogP contribution in [0.3, 0.4) is 0 Å². The number of nitrogens with zero attached hydrogens (tertiary/aromatic N) is 1. The van der Waals surface area contributed by atoms with Crippen LogP contribution in [0.25, 0.3) is 4.91 Å². The highest BCUT2D eigenvalue weighted by atomic mass is 32.2. The zero-order valence-electron chi connectivity index (χ0n) is 15.1. The lowest BCUT2D eigenvalue weighted by molar-refractivity contribution is -0.120. The molecular formula is C22H24N2OS. The topological polar surface area (TPSA) is 42.0 Å². The van der Waals surface area contributed by atoms with Crippen LogP contribution in [0, 0.1) is 0 Å². The molecule has 4 heteroatoms. The summed E-state index contributed by atoms with van der Waals surface area (Å²) in [6.45, 7) is 6.11. The molecule has 134 valence electrons. The van der Waals surface area contributed by atoms with Gasteiger partial charge in [0.15, 0.2) is 0 Å². The van der Waals surface area contributed by atoms with Gasteiger partial charge in [-0.1, -0.05) is 62.0 Å². The lowest BCUT2D eigenvalue weighted by atomic mass is 10.1. The summed E-state index contributed by atoms with van der Waals surface area (Å²) in [5.41, 5.74) is 5.48. The summed E-state index contributed by atoms with van der Waals surface area (Å²) in [6.07, 6.45) is 8.70. The second-order valence-electron chi connectivity index (χ2n) is 5.76. The molecule has 0 atom stereocenters. The van der Waals surface area contributed by atoms with Crippen LogP contribution in [0.1, 0.15) is 37.3 Å². The summed E-state index contributed by atoms with van der Waals surface area (Å²) < 4.78 is 0. The zero-order chi connectivity index (χ0) is 18.6. The Morgan fingerprint density at radius 2 is 1.96 bits per heavy atom. The van der Waals surface area contributed by atoms with Crippen molar-refractivity contribution in [1.82, 2.24) is 10.3 Å². The Bertz CT molecular complexity index is 778. The SMILES string of the molecule is C=C(NC(=O)CCc1ccccc1)SC(=C=CCCC)c1ccncc1. The molecule has 0 saturated heterocycles. The number of hydrogen-bond donors (Lipinski definition) is 1. The van der Waals surface area contributed by atoms with E-state index >= 15 is 0 Å². The van der Waals surface area contributed by atoms with Crippen molar-refractivity contribution in [3.05, 3.63) is 89.4 Å². The Labute approximate surface area is 159 Å². The molecule has 0 radical (unpaired) electrons. The van der Waals surface area contributed by atoms with Crippen molar-refractivity contribution >= 4 is 22.6 Å². The first kappa shape index (κ1) is 19.8. The zero-order valence-corrected chi connectivity index (χ0v) is 15.9. The van der Waals surface area contributed by atoms with E-state index in [1.54, 1.807) is 12.4 Å². The maximum Gasteiger partial charge on any atom is 0.225 e. The Balaban J connectivity index is 1.94. The van der Waals surface area contributed by atoms with Crippen molar-refractivity contribution in [3.63, 3.8) is 0 Å². The van der Waals surface area contributed by atoms with Gasteiger partial charge in [0.25, 0.3) is 0 Å². The average Bonchev–Trinajstić information content (AvgIpc) is 2.67. The number of aromatic nitrogens is 1. The number of nitrogens with one attached hydrogen (secondary N) is 1. The van der Waals surface area contributed by atoms with Gasteiger partial charge >= 0.3 is 0 Å². The Hall–Kier alpha value is -2.55. The van der Waals surface area contributed by atoms with Gasteiger partial charge < -0.3 is 5.32 Å². The fourth-order valence-electron chi connectivity index (χ4n) is 2.25. The first-order valence-corrected chi connectivity index (χ1v) is 9.56. The van der Waals surface area contributed by atoms with Crippen LogP contribution in [0.15, 0.2) is 78.3 Å². The average molecular weight is 365 g/mol. The number of carbonyl (C=O) groups is 1. The number of aryl methyl sites for hydroxylation is 1. The molecule has 1 amide bonds. The van der Waals surface area contributed by atoms with Crippen molar-refractivity contribution in [1.29, 1.82) is 0 Å². The molecule has 26 heavy (non-hydrogen) atoms. The van der Waals surface area contributed by atoms with Crippen molar-refractivity contribution in [2.45, 2.75) is 32.6 Å². The molecular weight excluding hydrogens is 340 g/mol. The summed E-state index contributed by atoms with van der Waals surface area (Å²) in [4.78, 5) is 17.1. The van der Waals surface area contributed by atoms with Gasteiger partial charge in [0, 0.05) is 18.8 Å². The van der Waals surface area contributed by atoms with Crippen molar-refractivity contribution in [2.75, 3.05) is 0 Å². The number of thioether (sulfide) groups is 1. The van der Waals surface area contributed by atoms with E-state index in [-0.39, 0.29) is 5.91 Å². The first-order chi connectivity index (χ1) is 12.7. The lowest BCUT2D eigenvalue weighted by Crippen LogP contribution is -2.21. The van der Waals surface area contributed by atoms with Crippen LogP contribution >= 0.6 is 11.8 Å². The van der Waals surface area contributed by atoms with Gasteiger partial charge in [-0.05, 0) is 42.2 Å². The van der Waals surface area contributed by atoms with Gasteiger partial charge in [-0.15, -0.1) is 5.73 Å². The highest BCUT2D eigenvalue weighted by molar-refractivity contribution is 8.11. The molecule has 0 fully saturated rings. The third-order valence-corrected chi connectivity index (χ3v) is 4.50. The Morgan fingerprint density at radius 3 is 2.65 bits per heavy atom. The number of unbranched alkanes of at least 4 members (excludes halogenated alkanes) is 1. The van der Waals surface area contributed by atoms with E-state index in [0.717, 1.165) is 28.9 Å². The van der Waals surface area contributed by atoms with Crippen LogP contribution in [-0.2, 0) is 11.2 Å². The molecule has 3 nitrogen and oxygen atoms in total. The normalized spacial score (nSPS) is 9.88. The van der Waals surface area contributed by atoms with E-state index in [9.17, 15) is 4.79 Å². The van der Waals surface area contributed by atoms with E-state index in [2.05, 4.69) is 29.5 Å². The van der Waals surface area contributed by atoms with E-state index in [0.29, 0.717) is 17.9 Å². The first-order valence-electron chi connectivity index (χ1n) is 8.75. The summed E-state index contributed by atoms with van der Waals surface area (Å²) in [5.74, 6) is -0.0297. The maximum atomic E-state index is 12.2. The van der Waals surface area contributed by atoms with E-state index < -0.39 is 0 Å². The van der Waals surface area contributed by atoms with Crippen LogP contribution in [0.4, 0.5) is 0 Å². The number of allylic oxidation sites excluding steroid dienone is 1. The van der Waals surface area contributed by atoms with Crippen molar-refractivity contribution in [2.24, 2.45) is 0 Å². The monoisotopic (exact) mass is 364 g/mol. The molecule has 0 spiro atoms. The molecule has 0 aliphatic rings. The second-order valence-corrected chi connectivity index (χ2v) is 6.87. The molecule has 1 N–H and O–H groups in total. The van der Waals surface area contributed by atoms with Gasteiger partial charge in [0.05, 0.1) is 9.93 Å². The summed E-state index contributed by atoms with van der Waals surface area (Å²) >= 11 is 1.42.